The molecule has 0 saturated heterocycles. The van der Waals surface area contributed by atoms with Crippen molar-refractivity contribution in [1.29, 1.82) is 0 Å². The van der Waals surface area contributed by atoms with Crippen LogP contribution in [0.15, 0.2) is 0 Å². The topological polar surface area (TPSA) is 21.3 Å². The summed E-state index contributed by atoms with van der Waals surface area (Å²) in [4.78, 5) is 0. The van der Waals surface area contributed by atoms with Crippen molar-refractivity contribution in [3.05, 3.63) is 0 Å². The molecule has 0 bridgehead atoms. The van der Waals surface area contributed by atoms with E-state index in [0.29, 0.717) is 6.54 Å². The summed E-state index contributed by atoms with van der Waals surface area (Å²) >= 11 is 0. The van der Waals surface area contributed by atoms with Crippen molar-refractivity contribution >= 4 is 0 Å². The average Bonchev–Trinajstić information content (AvgIpc) is 1.89. The molecule has 0 aliphatic heterocycles. The molecule has 1 N–H and O–H groups in total. The summed E-state index contributed by atoms with van der Waals surface area (Å²) < 4.78 is 5.05. The third-order valence-electron chi connectivity index (χ3n) is 0.854. The number of ether oxygens (including phenoxy) is 1. The number of hydrogen-bond acceptors (Lipinski definition) is 2. The van der Waals surface area contributed by atoms with Crippen LogP contribution in [0, 0.1) is 12.3 Å². The van der Waals surface area contributed by atoms with Crippen molar-refractivity contribution in [2.45, 2.75) is 6.92 Å². The maximum atomic E-state index is 5.05. The Bertz CT molecular complexity index is 85.4. The molecule has 0 aromatic heterocycles. The smallest absolute Gasteiger partial charge is 0.0591 e. The van der Waals surface area contributed by atoms with E-state index in [9.17, 15) is 0 Å². The van der Waals surface area contributed by atoms with Crippen LogP contribution in [0.5, 0.6) is 0 Å². The molecule has 2 heteroatoms. The Morgan fingerprint density at radius 1 is 1.67 bits per heavy atom. The van der Waals surface area contributed by atoms with Gasteiger partial charge in [-0.2, -0.15) is 0 Å². The molecule has 0 aromatic rings. The minimum absolute atomic E-state index is 0.632. The second-order valence-corrected chi connectivity index (χ2v) is 1.58. The van der Waals surface area contributed by atoms with Crippen LogP contribution < -0.4 is 5.32 Å². The quantitative estimate of drug-likeness (QED) is 0.422. The van der Waals surface area contributed by atoms with Gasteiger partial charge in [-0.15, -0.1) is 6.42 Å². The average molecular weight is 127 g/mol. The summed E-state index contributed by atoms with van der Waals surface area (Å²) in [5.74, 6) is 2.48. The van der Waals surface area contributed by atoms with Crippen LogP contribution in [0.25, 0.3) is 0 Å². The Balaban J connectivity index is 2.69. The van der Waals surface area contributed by atoms with Crippen LogP contribution in [-0.2, 0) is 4.74 Å². The highest BCUT2D eigenvalue weighted by Crippen LogP contribution is 1.68. The summed E-state index contributed by atoms with van der Waals surface area (Å²) in [5, 5.41) is 3.01. The molecule has 0 spiro atoms. The third kappa shape index (κ3) is 7.48. The van der Waals surface area contributed by atoms with Gasteiger partial charge in [-0.25, -0.2) is 0 Å². The second kappa shape index (κ2) is 7.48. The maximum Gasteiger partial charge on any atom is 0.0591 e. The highest BCUT2D eigenvalue weighted by Gasteiger charge is 1.81. The van der Waals surface area contributed by atoms with E-state index in [1.165, 1.54) is 0 Å². The van der Waals surface area contributed by atoms with Gasteiger partial charge in [0.05, 0.1) is 13.2 Å². The first-order chi connectivity index (χ1) is 4.41. The highest BCUT2D eigenvalue weighted by molar-refractivity contribution is 4.86. The Labute approximate surface area is 56.6 Å². The van der Waals surface area contributed by atoms with E-state index in [-0.39, 0.29) is 0 Å². The van der Waals surface area contributed by atoms with E-state index < -0.39 is 0 Å². The predicted octanol–water partition coefficient (Wildman–Crippen LogP) is 0.246. The SMILES string of the molecule is C#CCNCCOCC. The molecule has 0 fully saturated rings. The van der Waals surface area contributed by atoms with E-state index in [1.54, 1.807) is 0 Å². The molecule has 0 heterocycles. The predicted molar refractivity (Wildman–Crippen MR) is 38.2 cm³/mol. The van der Waals surface area contributed by atoms with Crippen molar-refractivity contribution < 1.29 is 4.74 Å². The molecule has 0 aliphatic rings. The van der Waals surface area contributed by atoms with Crippen molar-refractivity contribution in [2.75, 3.05) is 26.3 Å². The van der Waals surface area contributed by atoms with Crippen LogP contribution in [-0.4, -0.2) is 26.3 Å². The first-order valence-corrected chi connectivity index (χ1v) is 3.13. The molecule has 0 saturated carbocycles. The molecule has 0 atom stereocenters. The normalized spacial score (nSPS) is 8.89. The summed E-state index contributed by atoms with van der Waals surface area (Å²) in [7, 11) is 0. The molecule has 9 heavy (non-hydrogen) atoms. The Morgan fingerprint density at radius 3 is 3.00 bits per heavy atom. The van der Waals surface area contributed by atoms with E-state index in [0.717, 1.165) is 19.8 Å². The van der Waals surface area contributed by atoms with Crippen LogP contribution in [0.3, 0.4) is 0 Å². The zero-order valence-electron chi connectivity index (χ0n) is 5.81. The van der Waals surface area contributed by atoms with Gasteiger partial charge in [-0.1, -0.05) is 5.92 Å². The standard InChI is InChI=1S/C7H13NO/c1-3-5-8-6-7-9-4-2/h1,8H,4-7H2,2H3. The minimum Gasteiger partial charge on any atom is -0.380 e. The van der Waals surface area contributed by atoms with Gasteiger partial charge in [0.2, 0.25) is 0 Å². The molecule has 0 radical (unpaired) electrons. The van der Waals surface area contributed by atoms with E-state index >= 15 is 0 Å². The highest BCUT2D eigenvalue weighted by atomic mass is 16.5. The van der Waals surface area contributed by atoms with Gasteiger partial charge in [-0.3, -0.25) is 0 Å². The van der Waals surface area contributed by atoms with Crippen LogP contribution >= 0.6 is 0 Å². The summed E-state index contributed by atoms with van der Waals surface area (Å²) in [6.07, 6.45) is 4.99. The van der Waals surface area contributed by atoms with Gasteiger partial charge in [0.1, 0.15) is 0 Å². The number of rotatable bonds is 5. The van der Waals surface area contributed by atoms with Crippen molar-refractivity contribution in [3.8, 4) is 12.3 Å². The fourth-order valence-corrected chi connectivity index (χ4v) is 0.449. The summed E-state index contributed by atoms with van der Waals surface area (Å²) in [5.41, 5.74) is 0. The molecule has 0 aliphatic carbocycles. The van der Waals surface area contributed by atoms with Gasteiger partial charge >= 0.3 is 0 Å². The zero-order chi connectivity index (χ0) is 6.95. The van der Waals surface area contributed by atoms with E-state index in [1.807, 2.05) is 6.92 Å². The minimum atomic E-state index is 0.632. The monoisotopic (exact) mass is 127 g/mol. The maximum absolute atomic E-state index is 5.05. The summed E-state index contributed by atoms with van der Waals surface area (Å²) in [6, 6.07) is 0. The number of hydrogen-bond donors (Lipinski definition) is 1. The fourth-order valence-electron chi connectivity index (χ4n) is 0.449. The molecule has 52 valence electrons. The molecule has 0 unspecified atom stereocenters. The van der Waals surface area contributed by atoms with Crippen LogP contribution in [0.1, 0.15) is 6.92 Å². The third-order valence-corrected chi connectivity index (χ3v) is 0.854. The molecular formula is C7H13NO. The Morgan fingerprint density at radius 2 is 2.44 bits per heavy atom. The molecule has 2 nitrogen and oxygen atoms in total. The van der Waals surface area contributed by atoms with Crippen LogP contribution in [0.4, 0.5) is 0 Å². The van der Waals surface area contributed by atoms with Gasteiger partial charge in [-0.05, 0) is 6.92 Å². The lowest BCUT2D eigenvalue weighted by atomic mass is 10.6. The van der Waals surface area contributed by atoms with Crippen molar-refractivity contribution in [3.63, 3.8) is 0 Å². The molecule has 0 aromatic carbocycles. The Hall–Kier alpha value is -0.520. The first kappa shape index (κ1) is 8.48. The Kier molecular flexibility index (Phi) is 7.05. The lowest BCUT2D eigenvalue weighted by molar-refractivity contribution is 0.150. The molecular weight excluding hydrogens is 114 g/mol. The number of nitrogens with one attached hydrogen (secondary N) is 1. The van der Waals surface area contributed by atoms with Gasteiger partial charge in [0.15, 0.2) is 0 Å². The van der Waals surface area contributed by atoms with Crippen LogP contribution in [0.2, 0.25) is 0 Å². The van der Waals surface area contributed by atoms with E-state index in [4.69, 9.17) is 11.2 Å². The van der Waals surface area contributed by atoms with Gasteiger partial charge < -0.3 is 10.1 Å². The largest absolute Gasteiger partial charge is 0.380 e. The van der Waals surface area contributed by atoms with Crippen molar-refractivity contribution in [1.82, 2.24) is 5.32 Å². The summed E-state index contributed by atoms with van der Waals surface area (Å²) in [6.45, 7) is 4.97. The second-order valence-electron chi connectivity index (χ2n) is 1.58. The lowest BCUT2D eigenvalue weighted by Gasteiger charge is -1.99. The number of terminal acetylenes is 1. The molecule has 0 amide bonds. The zero-order valence-corrected chi connectivity index (χ0v) is 5.81. The molecule has 0 rings (SSSR count). The van der Waals surface area contributed by atoms with Gasteiger partial charge in [0, 0.05) is 13.2 Å². The fraction of sp³-hybridized carbons (Fsp3) is 0.714. The lowest BCUT2D eigenvalue weighted by Crippen LogP contribution is -2.19. The first-order valence-electron chi connectivity index (χ1n) is 3.13. The van der Waals surface area contributed by atoms with E-state index in [2.05, 4.69) is 11.2 Å². The van der Waals surface area contributed by atoms with Gasteiger partial charge in [0.25, 0.3) is 0 Å². The van der Waals surface area contributed by atoms with Crippen molar-refractivity contribution in [2.24, 2.45) is 0 Å².